The molecule has 5 nitrogen and oxygen atoms in total. The van der Waals surface area contributed by atoms with Crippen molar-refractivity contribution in [3.63, 3.8) is 0 Å². The van der Waals surface area contributed by atoms with Crippen molar-refractivity contribution >= 4 is 21.6 Å². The molecule has 0 atom stereocenters. The van der Waals surface area contributed by atoms with E-state index in [9.17, 15) is 13.2 Å². The Kier molecular flexibility index (Phi) is 5.36. The molecule has 0 radical (unpaired) electrons. The first-order chi connectivity index (χ1) is 14.0. The second-order valence-corrected chi connectivity index (χ2v) is 8.97. The third-order valence-corrected chi connectivity index (χ3v) is 6.62. The van der Waals surface area contributed by atoms with E-state index in [4.69, 9.17) is 0 Å². The number of para-hydroxylation sites is 1. The van der Waals surface area contributed by atoms with Crippen LogP contribution in [0.2, 0.25) is 0 Å². The summed E-state index contributed by atoms with van der Waals surface area (Å²) >= 11 is 0. The average molecular weight is 407 g/mol. The van der Waals surface area contributed by atoms with Crippen molar-refractivity contribution < 1.29 is 13.2 Å². The van der Waals surface area contributed by atoms with E-state index in [0.717, 1.165) is 18.4 Å². The van der Waals surface area contributed by atoms with Gasteiger partial charge in [-0.1, -0.05) is 48.5 Å². The molecule has 1 fully saturated rings. The van der Waals surface area contributed by atoms with Crippen molar-refractivity contribution in [2.75, 3.05) is 4.31 Å². The predicted octanol–water partition coefficient (Wildman–Crippen LogP) is 3.97. The summed E-state index contributed by atoms with van der Waals surface area (Å²) in [5.74, 6) is -0.0872. The van der Waals surface area contributed by atoms with Crippen LogP contribution in [0.4, 0.5) is 5.69 Å². The number of carbonyl (C=O) groups is 1. The number of benzene rings is 3. The molecule has 0 heterocycles. The van der Waals surface area contributed by atoms with Gasteiger partial charge in [-0.25, -0.2) is 8.42 Å². The number of sulfonamides is 1. The van der Waals surface area contributed by atoms with Gasteiger partial charge in [-0.3, -0.25) is 9.10 Å². The van der Waals surface area contributed by atoms with Crippen molar-refractivity contribution in [3.05, 3.63) is 96.1 Å². The van der Waals surface area contributed by atoms with Crippen LogP contribution in [0, 0.1) is 0 Å². The van der Waals surface area contributed by atoms with Crippen molar-refractivity contribution in [1.29, 1.82) is 0 Å². The van der Waals surface area contributed by atoms with Gasteiger partial charge in [0.2, 0.25) is 0 Å². The Bertz CT molecular complexity index is 1080. The van der Waals surface area contributed by atoms with E-state index in [0.29, 0.717) is 17.3 Å². The number of carbonyl (C=O) groups excluding carboxylic acids is 1. The first kappa shape index (κ1) is 19.2. The number of amides is 1. The molecule has 0 bridgehead atoms. The van der Waals surface area contributed by atoms with Gasteiger partial charge in [0.25, 0.3) is 15.9 Å². The lowest BCUT2D eigenvalue weighted by atomic mass is 10.1. The zero-order valence-corrected chi connectivity index (χ0v) is 16.7. The molecule has 1 aliphatic carbocycles. The van der Waals surface area contributed by atoms with Gasteiger partial charge in [0.1, 0.15) is 0 Å². The monoisotopic (exact) mass is 406 g/mol. The highest BCUT2D eigenvalue weighted by Crippen LogP contribution is 2.26. The van der Waals surface area contributed by atoms with Crippen LogP contribution in [0.25, 0.3) is 0 Å². The van der Waals surface area contributed by atoms with E-state index >= 15 is 0 Å². The third kappa shape index (κ3) is 4.49. The minimum Gasteiger partial charge on any atom is -0.349 e. The normalized spacial score (nSPS) is 13.7. The van der Waals surface area contributed by atoms with Crippen molar-refractivity contribution in [2.24, 2.45) is 0 Å². The maximum absolute atomic E-state index is 13.3. The van der Waals surface area contributed by atoms with Crippen LogP contribution < -0.4 is 9.62 Å². The number of hydrogen-bond donors (Lipinski definition) is 1. The van der Waals surface area contributed by atoms with Crippen molar-refractivity contribution in [2.45, 2.75) is 30.3 Å². The summed E-state index contributed by atoms with van der Waals surface area (Å²) in [4.78, 5) is 12.4. The molecule has 1 aliphatic rings. The number of hydrogen-bond acceptors (Lipinski definition) is 3. The Morgan fingerprint density at radius 3 is 2.03 bits per heavy atom. The second-order valence-electron chi connectivity index (χ2n) is 7.10. The van der Waals surface area contributed by atoms with Crippen molar-refractivity contribution in [1.82, 2.24) is 5.32 Å². The second kappa shape index (κ2) is 8.09. The first-order valence-electron chi connectivity index (χ1n) is 9.57. The largest absolute Gasteiger partial charge is 0.349 e. The number of nitrogens with zero attached hydrogens (tertiary/aromatic N) is 1. The molecule has 6 heteroatoms. The lowest BCUT2D eigenvalue weighted by molar-refractivity contribution is 0.0951. The molecule has 0 spiro atoms. The fraction of sp³-hybridized carbons (Fsp3) is 0.174. The summed E-state index contributed by atoms with van der Waals surface area (Å²) in [6, 6.07) is 24.8. The maximum Gasteiger partial charge on any atom is 0.264 e. The quantitative estimate of drug-likeness (QED) is 0.646. The molecule has 1 N–H and O–H groups in total. The SMILES string of the molecule is O=C(NC1CC1)c1ccc(CN(c2ccccc2)S(=O)(=O)c2ccccc2)cc1. The molecule has 3 aromatic rings. The minimum absolute atomic E-state index is 0.0872. The summed E-state index contributed by atoms with van der Waals surface area (Å²) in [5, 5.41) is 2.96. The summed E-state index contributed by atoms with van der Waals surface area (Å²) in [5.41, 5.74) is 1.97. The standard InChI is InChI=1S/C23H22N2O3S/c26-23(24-20-15-16-20)19-13-11-18(12-14-19)17-25(21-7-3-1-4-8-21)29(27,28)22-9-5-2-6-10-22/h1-14,20H,15-17H2,(H,24,26). The van der Waals surface area contributed by atoms with Crippen molar-refractivity contribution in [3.8, 4) is 0 Å². The van der Waals surface area contributed by atoms with Gasteiger partial charge in [-0.15, -0.1) is 0 Å². The van der Waals surface area contributed by atoms with E-state index in [1.165, 1.54) is 4.31 Å². The Balaban J connectivity index is 1.61. The molecular formula is C23H22N2O3S. The van der Waals surface area contributed by atoms with Gasteiger partial charge >= 0.3 is 0 Å². The molecule has 0 saturated heterocycles. The topological polar surface area (TPSA) is 66.5 Å². The number of nitrogens with one attached hydrogen (secondary N) is 1. The molecule has 29 heavy (non-hydrogen) atoms. The van der Waals surface area contributed by atoms with E-state index in [2.05, 4.69) is 5.32 Å². The van der Waals surface area contributed by atoms with Crippen LogP contribution in [-0.4, -0.2) is 20.4 Å². The van der Waals surface area contributed by atoms with E-state index in [1.54, 1.807) is 66.7 Å². The van der Waals surface area contributed by atoms with Gasteiger partial charge in [0, 0.05) is 11.6 Å². The molecular weight excluding hydrogens is 384 g/mol. The fourth-order valence-electron chi connectivity index (χ4n) is 3.05. The highest BCUT2D eigenvalue weighted by atomic mass is 32.2. The summed E-state index contributed by atoms with van der Waals surface area (Å²) < 4.78 is 28.0. The van der Waals surface area contributed by atoms with Gasteiger partial charge in [-0.05, 0) is 54.8 Å². The van der Waals surface area contributed by atoms with Crippen LogP contribution in [0.15, 0.2) is 89.8 Å². The zero-order chi connectivity index (χ0) is 20.3. The molecule has 0 unspecified atom stereocenters. The van der Waals surface area contributed by atoms with E-state index in [1.807, 2.05) is 18.2 Å². The van der Waals surface area contributed by atoms with E-state index < -0.39 is 10.0 Å². The minimum atomic E-state index is -3.73. The summed E-state index contributed by atoms with van der Waals surface area (Å²) in [6.45, 7) is 0.172. The van der Waals surface area contributed by atoms with E-state index in [-0.39, 0.29) is 17.3 Å². The smallest absolute Gasteiger partial charge is 0.264 e. The van der Waals surface area contributed by atoms with Gasteiger partial charge in [0.05, 0.1) is 17.1 Å². The molecule has 0 aliphatic heterocycles. The molecule has 3 aromatic carbocycles. The first-order valence-corrected chi connectivity index (χ1v) is 11.0. The highest BCUT2D eigenvalue weighted by molar-refractivity contribution is 7.92. The average Bonchev–Trinajstić information content (AvgIpc) is 3.57. The zero-order valence-electron chi connectivity index (χ0n) is 15.9. The number of rotatable bonds is 7. The Hall–Kier alpha value is -3.12. The Labute approximate surface area is 171 Å². The van der Waals surface area contributed by atoms with Crippen LogP contribution >= 0.6 is 0 Å². The van der Waals surface area contributed by atoms with Crippen LogP contribution in [0.5, 0.6) is 0 Å². The third-order valence-electron chi connectivity index (χ3n) is 4.83. The van der Waals surface area contributed by atoms with Crippen LogP contribution in [0.1, 0.15) is 28.8 Å². The molecule has 4 rings (SSSR count). The molecule has 1 saturated carbocycles. The predicted molar refractivity (Wildman–Crippen MR) is 113 cm³/mol. The lowest BCUT2D eigenvalue weighted by Gasteiger charge is -2.25. The molecule has 0 aromatic heterocycles. The Morgan fingerprint density at radius 1 is 0.862 bits per heavy atom. The van der Waals surface area contributed by atoms with Gasteiger partial charge in [0.15, 0.2) is 0 Å². The van der Waals surface area contributed by atoms with Gasteiger partial charge < -0.3 is 5.32 Å². The number of anilines is 1. The highest BCUT2D eigenvalue weighted by Gasteiger charge is 2.26. The van der Waals surface area contributed by atoms with Crippen LogP contribution in [-0.2, 0) is 16.6 Å². The van der Waals surface area contributed by atoms with Gasteiger partial charge in [-0.2, -0.15) is 0 Å². The Morgan fingerprint density at radius 2 is 1.45 bits per heavy atom. The molecule has 1 amide bonds. The lowest BCUT2D eigenvalue weighted by Crippen LogP contribution is -2.30. The fourth-order valence-corrected chi connectivity index (χ4v) is 4.53. The molecule has 148 valence electrons. The van der Waals surface area contributed by atoms with Crippen LogP contribution in [0.3, 0.4) is 0 Å². The summed E-state index contributed by atoms with van der Waals surface area (Å²) in [7, 11) is -3.73. The maximum atomic E-state index is 13.3. The summed E-state index contributed by atoms with van der Waals surface area (Å²) in [6.07, 6.45) is 2.07.